The van der Waals surface area contributed by atoms with Gasteiger partial charge in [-0.2, -0.15) is 0 Å². The summed E-state index contributed by atoms with van der Waals surface area (Å²) < 4.78 is 39.1. The van der Waals surface area contributed by atoms with Crippen molar-refractivity contribution < 1.29 is 22.8 Å². The zero-order valence-corrected chi connectivity index (χ0v) is 7.62. The van der Waals surface area contributed by atoms with Crippen LogP contribution in [-0.2, 0) is 0 Å². The zero-order chi connectivity index (χ0) is 12.3. The number of ether oxygens (including phenoxy) is 1. The first kappa shape index (κ1) is 12.0. The van der Waals surface area contributed by atoms with Crippen molar-refractivity contribution in [3.63, 3.8) is 0 Å². The summed E-state index contributed by atoms with van der Waals surface area (Å²) in [6, 6.07) is 2.51. The highest BCUT2D eigenvalue weighted by Crippen LogP contribution is 2.29. The largest absolute Gasteiger partial charge is 0.573 e. The third-order valence-corrected chi connectivity index (χ3v) is 1.50. The number of halogens is 3. The molecule has 0 spiro atoms. The molecule has 9 heteroatoms. The maximum absolute atomic E-state index is 11.9. The quantitative estimate of drug-likeness (QED) is 0.475. The van der Waals surface area contributed by atoms with Crippen molar-refractivity contribution in [1.29, 1.82) is 0 Å². The zero-order valence-electron chi connectivity index (χ0n) is 7.62. The first-order valence-electron chi connectivity index (χ1n) is 3.83. The van der Waals surface area contributed by atoms with Crippen molar-refractivity contribution in [2.24, 2.45) is 5.84 Å². The number of nitrogen functional groups attached to an aromatic ring is 1. The van der Waals surface area contributed by atoms with Gasteiger partial charge in [0.2, 0.25) is 0 Å². The Hall–Kier alpha value is -2.03. The molecule has 0 atom stereocenters. The van der Waals surface area contributed by atoms with E-state index in [2.05, 4.69) is 4.74 Å². The number of nitrogens with two attached hydrogens (primary N) is 1. The van der Waals surface area contributed by atoms with E-state index in [1.54, 1.807) is 0 Å². The van der Waals surface area contributed by atoms with Crippen LogP contribution in [0.2, 0.25) is 0 Å². The van der Waals surface area contributed by atoms with Crippen LogP contribution in [0.3, 0.4) is 0 Å². The fourth-order valence-electron chi connectivity index (χ4n) is 0.965. The maximum atomic E-state index is 11.9. The molecule has 1 rings (SSSR count). The molecule has 6 nitrogen and oxygen atoms in total. The highest BCUT2D eigenvalue weighted by molar-refractivity contribution is 5.55. The molecule has 88 valence electrons. The van der Waals surface area contributed by atoms with E-state index >= 15 is 0 Å². The van der Waals surface area contributed by atoms with Crippen LogP contribution < -0.4 is 16.0 Å². The lowest BCUT2D eigenvalue weighted by atomic mass is 10.2. The average Bonchev–Trinajstić information content (AvgIpc) is 2.14. The summed E-state index contributed by atoms with van der Waals surface area (Å²) in [6.45, 7) is 0. The normalized spacial score (nSPS) is 11.0. The number of non-ortho nitro benzene ring substituents is 1. The number of rotatable bonds is 3. The Morgan fingerprint density at radius 1 is 1.38 bits per heavy atom. The van der Waals surface area contributed by atoms with Crippen LogP contribution in [-0.4, -0.2) is 11.3 Å². The van der Waals surface area contributed by atoms with Crippen molar-refractivity contribution in [1.82, 2.24) is 0 Å². The van der Waals surface area contributed by atoms with E-state index in [1.807, 2.05) is 5.43 Å². The SMILES string of the molecule is NNc1cc(OC(F)(F)F)cc([N+](=O)[O-])c1. The number of nitrogens with one attached hydrogen (secondary N) is 1. The van der Waals surface area contributed by atoms with Gasteiger partial charge >= 0.3 is 6.36 Å². The van der Waals surface area contributed by atoms with Gasteiger partial charge in [-0.05, 0) is 0 Å². The molecule has 1 aromatic rings. The first-order valence-corrected chi connectivity index (χ1v) is 3.83. The number of anilines is 1. The number of nitro groups is 1. The topological polar surface area (TPSA) is 90.4 Å². The van der Waals surface area contributed by atoms with Crippen LogP contribution in [0.15, 0.2) is 18.2 Å². The number of nitro benzene ring substituents is 1. The van der Waals surface area contributed by atoms with Gasteiger partial charge in [-0.25, -0.2) is 0 Å². The van der Waals surface area contributed by atoms with E-state index in [1.165, 1.54) is 0 Å². The van der Waals surface area contributed by atoms with Gasteiger partial charge in [0, 0.05) is 12.1 Å². The van der Waals surface area contributed by atoms with Gasteiger partial charge in [0.1, 0.15) is 5.75 Å². The third kappa shape index (κ3) is 3.28. The Morgan fingerprint density at radius 3 is 2.44 bits per heavy atom. The molecule has 0 bridgehead atoms. The highest BCUT2D eigenvalue weighted by Gasteiger charge is 2.31. The summed E-state index contributed by atoms with van der Waals surface area (Å²) in [6.07, 6.45) is -4.92. The second-order valence-electron chi connectivity index (χ2n) is 2.66. The van der Waals surface area contributed by atoms with Crippen molar-refractivity contribution in [2.45, 2.75) is 6.36 Å². The number of hydrogen-bond acceptors (Lipinski definition) is 5. The molecule has 0 amide bonds. The average molecular weight is 237 g/mol. The molecular formula is C7H6F3N3O3. The molecule has 0 aromatic heterocycles. The lowest BCUT2D eigenvalue weighted by Crippen LogP contribution is -2.17. The lowest BCUT2D eigenvalue weighted by molar-refractivity contribution is -0.385. The van der Waals surface area contributed by atoms with Gasteiger partial charge in [0.05, 0.1) is 16.7 Å². The van der Waals surface area contributed by atoms with Gasteiger partial charge < -0.3 is 10.2 Å². The van der Waals surface area contributed by atoms with Gasteiger partial charge in [-0.15, -0.1) is 13.2 Å². The van der Waals surface area contributed by atoms with Crippen molar-refractivity contribution >= 4 is 11.4 Å². The fourth-order valence-corrected chi connectivity index (χ4v) is 0.965. The molecule has 0 radical (unpaired) electrons. The van der Waals surface area contributed by atoms with Crippen LogP contribution >= 0.6 is 0 Å². The van der Waals surface area contributed by atoms with Gasteiger partial charge in [-0.1, -0.05) is 0 Å². The summed E-state index contributed by atoms with van der Waals surface area (Å²) in [7, 11) is 0. The molecule has 0 saturated heterocycles. The minimum Gasteiger partial charge on any atom is -0.405 e. The summed E-state index contributed by atoms with van der Waals surface area (Å²) in [5.74, 6) is 4.23. The fraction of sp³-hybridized carbons (Fsp3) is 0.143. The summed E-state index contributed by atoms with van der Waals surface area (Å²) in [5.41, 5.74) is 1.37. The van der Waals surface area contributed by atoms with Crippen LogP contribution in [0, 0.1) is 10.1 Å². The van der Waals surface area contributed by atoms with Crippen molar-refractivity contribution in [2.75, 3.05) is 5.43 Å². The van der Waals surface area contributed by atoms with E-state index < -0.39 is 22.7 Å². The summed E-state index contributed by atoms with van der Waals surface area (Å²) >= 11 is 0. The molecule has 0 aliphatic carbocycles. The summed E-state index contributed by atoms with van der Waals surface area (Å²) in [4.78, 5) is 9.53. The predicted molar refractivity (Wildman–Crippen MR) is 47.6 cm³/mol. The highest BCUT2D eigenvalue weighted by atomic mass is 19.4. The van der Waals surface area contributed by atoms with Crippen LogP contribution in [0.4, 0.5) is 24.5 Å². The minimum absolute atomic E-state index is 0.0616. The van der Waals surface area contributed by atoms with Crippen LogP contribution in [0.25, 0.3) is 0 Å². The molecule has 0 heterocycles. The molecule has 0 aliphatic rings. The monoisotopic (exact) mass is 237 g/mol. The number of nitrogens with zero attached hydrogens (tertiary/aromatic N) is 1. The molecule has 16 heavy (non-hydrogen) atoms. The van der Waals surface area contributed by atoms with E-state index in [4.69, 9.17) is 5.84 Å². The number of hydrazine groups is 1. The van der Waals surface area contributed by atoms with E-state index in [9.17, 15) is 23.3 Å². The van der Waals surface area contributed by atoms with Crippen LogP contribution in [0.1, 0.15) is 0 Å². The molecule has 0 unspecified atom stereocenters. The van der Waals surface area contributed by atoms with Gasteiger partial charge in [0.15, 0.2) is 0 Å². The first-order chi connectivity index (χ1) is 7.31. The smallest absolute Gasteiger partial charge is 0.405 e. The molecule has 3 N–H and O–H groups in total. The second kappa shape index (κ2) is 4.23. The molecule has 1 aromatic carbocycles. The minimum atomic E-state index is -4.92. The molecule has 0 aliphatic heterocycles. The third-order valence-electron chi connectivity index (χ3n) is 1.50. The number of benzene rings is 1. The Labute approximate surface area is 86.9 Å². The Balaban J connectivity index is 3.09. The van der Waals surface area contributed by atoms with E-state index in [-0.39, 0.29) is 5.69 Å². The Kier molecular flexibility index (Phi) is 3.18. The Bertz CT molecular complexity index is 408. The van der Waals surface area contributed by atoms with Crippen molar-refractivity contribution in [3.8, 4) is 5.75 Å². The van der Waals surface area contributed by atoms with E-state index in [0.717, 1.165) is 12.1 Å². The molecule has 0 saturated carbocycles. The van der Waals surface area contributed by atoms with Crippen molar-refractivity contribution in [3.05, 3.63) is 28.3 Å². The van der Waals surface area contributed by atoms with Gasteiger partial charge in [-0.3, -0.25) is 16.0 Å². The summed E-state index contributed by atoms with van der Waals surface area (Å²) in [5, 5.41) is 10.4. The Morgan fingerprint density at radius 2 is 2.00 bits per heavy atom. The number of hydrogen-bond donors (Lipinski definition) is 2. The molecular weight excluding hydrogens is 231 g/mol. The van der Waals surface area contributed by atoms with Gasteiger partial charge in [0.25, 0.3) is 5.69 Å². The maximum Gasteiger partial charge on any atom is 0.573 e. The van der Waals surface area contributed by atoms with Crippen LogP contribution in [0.5, 0.6) is 5.75 Å². The molecule has 0 fully saturated rings. The van der Waals surface area contributed by atoms with E-state index in [0.29, 0.717) is 6.07 Å². The predicted octanol–water partition coefficient (Wildman–Crippen LogP) is 1.78. The second-order valence-corrected chi connectivity index (χ2v) is 2.66. The lowest BCUT2D eigenvalue weighted by Gasteiger charge is -2.09. The number of alkyl halides is 3. The standard InChI is InChI=1S/C7H6F3N3O3/c8-7(9,10)16-6-2-4(12-11)1-5(3-6)13(14)15/h1-3,12H,11H2.